The largest absolute Gasteiger partial charge is 0.467 e. The van der Waals surface area contributed by atoms with Crippen molar-refractivity contribution >= 4 is 28.4 Å². The van der Waals surface area contributed by atoms with Gasteiger partial charge in [-0.25, -0.2) is 0 Å². The van der Waals surface area contributed by atoms with Crippen molar-refractivity contribution in [2.45, 2.75) is 25.0 Å². The van der Waals surface area contributed by atoms with Crippen molar-refractivity contribution in [3.63, 3.8) is 0 Å². The molecule has 6 heteroatoms. The van der Waals surface area contributed by atoms with E-state index in [-0.39, 0.29) is 0 Å². The van der Waals surface area contributed by atoms with Crippen LogP contribution in [0.3, 0.4) is 0 Å². The lowest BCUT2D eigenvalue weighted by Crippen LogP contribution is -2.54. The fraction of sp³-hybridized carbons (Fsp3) is 0.636. The number of morpholine rings is 1. The number of rotatable bonds is 2. The summed E-state index contributed by atoms with van der Waals surface area (Å²) in [7, 11) is 1.60. The van der Waals surface area contributed by atoms with Gasteiger partial charge >= 0.3 is 6.01 Å². The molecule has 2 bridgehead atoms. The molecule has 17 heavy (non-hydrogen) atoms. The molecule has 1 aromatic heterocycles. The Morgan fingerprint density at radius 2 is 2.35 bits per heavy atom. The van der Waals surface area contributed by atoms with Gasteiger partial charge in [0.25, 0.3) is 0 Å². The highest BCUT2D eigenvalue weighted by molar-refractivity contribution is 14.1. The molecular weight excluding hydrogens is 333 g/mol. The molecule has 4 rings (SSSR count). The Balaban J connectivity index is 1.90. The van der Waals surface area contributed by atoms with E-state index in [0.717, 1.165) is 22.7 Å². The summed E-state index contributed by atoms with van der Waals surface area (Å²) in [6.45, 7) is 1.74. The van der Waals surface area contributed by atoms with Crippen molar-refractivity contribution in [3.05, 3.63) is 9.77 Å². The molecule has 5 nitrogen and oxygen atoms in total. The van der Waals surface area contributed by atoms with E-state index in [1.165, 1.54) is 12.8 Å². The molecule has 92 valence electrons. The van der Waals surface area contributed by atoms with Gasteiger partial charge in [-0.1, -0.05) is 0 Å². The molecule has 3 fully saturated rings. The van der Waals surface area contributed by atoms with Gasteiger partial charge in [-0.05, 0) is 35.4 Å². The molecule has 0 saturated carbocycles. The van der Waals surface area contributed by atoms with Gasteiger partial charge in [-0.3, -0.25) is 0 Å². The summed E-state index contributed by atoms with van der Waals surface area (Å²) in [5, 5.41) is 0. The van der Waals surface area contributed by atoms with Crippen LogP contribution in [0.5, 0.6) is 6.01 Å². The summed E-state index contributed by atoms with van der Waals surface area (Å²) in [6.07, 6.45) is 2.72. The van der Waals surface area contributed by atoms with Crippen molar-refractivity contribution in [2.75, 3.05) is 25.2 Å². The van der Waals surface area contributed by atoms with Gasteiger partial charge in [-0.15, -0.1) is 0 Å². The summed E-state index contributed by atoms with van der Waals surface area (Å²) in [6, 6.07) is 2.90. The zero-order chi connectivity index (χ0) is 11.8. The number of aromatic nitrogens is 2. The van der Waals surface area contributed by atoms with E-state index in [1.54, 1.807) is 7.11 Å². The maximum Gasteiger partial charge on any atom is 0.319 e. The molecule has 0 amide bonds. The SMILES string of the molecule is COc1nc(I)cc(N2CC3CCC2CO3)n1. The van der Waals surface area contributed by atoms with Crippen LogP contribution in [-0.4, -0.2) is 42.4 Å². The molecule has 3 saturated heterocycles. The smallest absolute Gasteiger partial charge is 0.319 e. The summed E-state index contributed by atoms with van der Waals surface area (Å²) in [5.41, 5.74) is 0. The Morgan fingerprint density at radius 1 is 1.47 bits per heavy atom. The number of hydrogen-bond donors (Lipinski definition) is 0. The van der Waals surface area contributed by atoms with Gasteiger partial charge in [0, 0.05) is 12.6 Å². The lowest BCUT2D eigenvalue weighted by atomic mass is 9.97. The number of methoxy groups -OCH3 is 1. The Labute approximate surface area is 114 Å². The average molecular weight is 347 g/mol. The lowest BCUT2D eigenvalue weighted by Gasteiger charge is -2.45. The zero-order valence-electron chi connectivity index (χ0n) is 9.60. The summed E-state index contributed by atoms with van der Waals surface area (Å²) < 4.78 is 11.7. The summed E-state index contributed by atoms with van der Waals surface area (Å²) in [5.74, 6) is 0.958. The monoisotopic (exact) mass is 347 g/mol. The zero-order valence-corrected chi connectivity index (χ0v) is 11.8. The number of piperidine rings is 1. The van der Waals surface area contributed by atoms with Crippen LogP contribution >= 0.6 is 22.6 Å². The summed E-state index contributed by atoms with van der Waals surface area (Å²) in [4.78, 5) is 11.0. The van der Waals surface area contributed by atoms with Crippen LogP contribution in [0.15, 0.2) is 6.07 Å². The maximum atomic E-state index is 5.70. The number of nitrogens with zero attached hydrogens (tertiary/aromatic N) is 3. The highest BCUT2D eigenvalue weighted by Gasteiger charge is 2.35. The van der Waals surface area contributed by atoms with Crippen LogP contribution in [-0.2, 0) is 4.74 Å². The standard InChI is InChI=1S/C11H14IN3O2/c1-16-11-13-9(12)4-10(14-11)15-5-8-3-2-7(15)6-17-8/h4,7-8H,2-3,5-6H2,1H3. The number of halogens is 1. The minimum atomic E-state index is 0.360. The van der Waals surface area contributed by atoms with Crippen LogP contribution in [0.1, 0.15) is 12.8 Å². The third kappa shape index (κ3) is 2.20. The molecule has 4 heterocycles. The number of hydrogen-bond acceptors (Lipinski definition) is 5. The van der Waals surface area contributed by atoms with E-state index in [4.69, 9.17) is 9.47 Å². The highest BCUT2D eigenvalue weighted by atomic mass is 127. The second-order valence-corrected chi connectivity index (χ2v) is 5.48. The van der Waals surface area contributed by atoms with Crippen LogP contribution in [0.2, 0.25) is 0 Å². The Bertz CT molecular complexity index is 421. The summed E-state index contributed by atoms with van der Waals surface area (Å²) >= 11 is 2.19. The molecule has 0 spiro atoms. The predicted octanol–water partition coefficient (Wildman–Crippen LogP) is 1.46. The molecule has 2 unspecified atom stereocenters. The molecular formula is C11H14IN3O2. The van der Waals surface area contributed by atoms with E-state index in [1.807, 2.05) is 6.07 Å². The fourth-order valence-electron chi connectivity index (χ4n) is 2.45. The van der Waals surface area contributed by atoms with Gasteiger partial charge in [0.05, 0.1) is 25.9 Å². The van der Waals surface area contributed by atoms with E-state index in [9.17, 15) is 0 Å². The molecule has 1 aromatic rings. The molecule has 0 aromatic carbocycles. The van der Waals surface area contributed by atoms with Gasteiger partial charge in [-0.2, -0.15) is 9.97 Å². The van der Waals surface area contributed by atoms with E-state index < -0.39 is 0 Å². The van der Waals surface area contributed by atoms with Crippen molar-refractivity contribution in [3.8, 4) is 6.01 Å². The second-order valence-electron chi connectivity index (χ2n) is 4.37. The van der Waals surface area contributed by atoms with Crippen molar-refractivity contribution < 1.29 is 9.47 Å². The molecule has 2 atom stereocenters. The number of fused-ring (bicyclic) bond motifs is 3. The molecule has 3 aliphatic heterocycles. The van der Waals surface area contributed by atoms with Gasteiger partial charge in [0.1, 0.15) is 9.52 Å². The first kappa shape index (κ1) is 11.5. The van der Waals surface area contributed by atoms with Crippen LogP contribution in [0.4, 0.5) is 5.82 Å². The van der Waals surface area contributed by atoms with Crippen molar-refractivity contribution in [2.24, 2.45) is 0 Å². The van der Waals surface area contributed by atoms with Crippen LogP contribution in [0.25, 0.3) is 0 Å². The van der Waals surface area contributed by atoms with Gasteiger partial charge in [0.2, 0.25) is 0 Å². The highest BCUT2D eigenvalue weighted by Crippen LogP contribution is 2.30. The van der Waals surface area contributed by atoms with Gasteiger partial charge < -0.3 is 14.4 Å². The van der Waals surface area contributed by atoms with Crippen LogP contribution in [0, 0.1) is 3.70 Å². The van der Waals surface area contributed by atoms with E-state index in [2.05, 4.69) is 37.5 Å². The Kier molecular flexibility index (Phi) is 3.08. The second kappa shape index (κ2) is 4.56. The van der Waals surface area contributed by atoms with Crippen molar-refractivity contribution in [1.29, 1.82) is 0 Å². The molecule has 0 aliphatic carbocycles. The Morgan fingerprint density at radius 3 is 2.94 bits per heavy atom. The van der Waals surface area contributed by atoms with Crippen LogP contribution < -0.4 is 9.64 Å². The molecule has 0 radical (unpaired) electrons. The topological polar surface area (TPSA) is 47.5 Å². The minimum absolute atomic E-state index is 0.360. The Hall–Kier alpha value is -0.630. The van der Waals surface area contributed by atoms with E-state index >= 15 is 0 Å². The average Bonchev–Trinajstić information content (AvgIpc) is 2.39. The fourth-order valence-corrected chi connectivity index (χ4v) is 2.94. The van der Waals surface area contributed by atoms with Gasteiger partial charge in [0.15, 0.2) is 0 Å². The minimum Gasteiger partial charge on any atom is -0.467 e. The lowest BCUT2D eigenvalue weighted by molar-refractivity contribution is -0.0229. The quantitative estimate of drug-likeness (QED) is 0.599. The predicted molar refractivity (Wildman–Crippen MR) is 71.4 cm³/mol. The molecule has 3 aliphatic rings. The first-order valence-corrected chi connectivity index (χ1v) is 6.81. The molecule has 0 N–H and O–H groups in total. The maximum absolute atomic E-state index is 5.70. The normalized spacial score (nSPS) is 27.3. The number of ether oxygens (including phenoxy) is 2. The van der Waals surface area contributed by atoms with E-state index in [0.29, 0.717) is 18.2 Å². The first-order chi connectivity index (χ1) is 8.26. The third-order valence-corrected chi connectivity index (χ3v) is 3.88. The number of anilines is 1. The van der Waals surface area contributed by atoms with Crippen molar-refractivity contribution in [1.82, 2.24) is 9.97 Å². The third-order valence-electron chi connectivity index (χ3n) is 3.32. The first-order valence-electron chi connectivity index (χ1n) is 5.73.